The molecular weight excluding hydrogens is 363 g/mol. The first kappa shape index (κ1) is 20.9. The Morgan fingerprint density at radius 3 is 2.17 bits per heavy atom. The molecule has 2 aromatic carbocycles. The molecule has 0 spiro atoms. The molecule has 0 aromatic heterocycles. The molecule has 10 heteroatoms. The molecule has 0 bridgehead atoms. The summed E-state index contributed by atoms with van der Waals surface area (Å²) in [5.74, 6) is -0.953. The fraction of sp³-hybridized carbons (Fsp3) is 0.0714. The number of aromatic hydroxyl groups is 1. The zero-order chi connectivity index (χ0) is 17.0. The Kier molecular flexibility index (Phi) is 7.67. The molecule has 0 aliphatic carbocycles. The summed E-state index contributed by atoms with van der Waals surface area (Å²) in [7, 11) is -3.07. The maximum atomic E-state index is 11.5. The Balaban J connectivity index is 0.00000288. The number of nitrogens with zero attached hydrogens (tertiary/aromatic N) is 2. The van der Waals surface area contributed by atoms with Crippen molar-refractivity contribution in [1.29, 1.82) is 0 Å². The Bertz CT molecular complexity index is 871. The van der Waals surface area contributed by atoms with Gasteiger partial charge in [-0.1, -0.05) is 0 Å². The number of carbonyl (C=O) groups is 1. The van der Waals surface area contributed by atoms with Gasteiger partial charge in [-0.05, 0) is 42.5 Å². The number of carbonyl (C=O) groups excluding carboxylic acids is 1. The smallest absolute Gasteiger partial charge is 1.00 e. The van der Waals surface area contributed by atoms with Gasteiger partial charge in [0, 0.05) is 0 Å². The number of hydrogen-bond acceptors (Lipinski definition) is 7. The van der Waals surface area contributed by atoms with Gasteiger partial charge in [0.1, 0.15) is 11.3 Å². The summed E-state index contributed by atoms with van der Waals surface area (Å²) in [6.07, 6.45) is 0. The Labute approximate surface area is 182 Å². The molecule has 0 aliphatic rings. The summed E-state index contributed by atoms with van der Waals surface area (Å²) >= 11 is 0. The zero-order valence-corrected chi connectivity index (χ0v) is 16.8. The van der Waals surface area contributed by atoms with Crippen LogP contribution in [0, 0.1) is 0 Å². The molecule has 0 atom stereocenters. The molecule has 2 aromatic rings. The summed E-state index contributed by atoms with van der Waals surface area (Å²) in [6, 6.07) is 9.10. The minimum absolute atomic E-state index is 0. The monoisotopic (exact) mass is 376 g/mol. The third-order valence-electron chi connectivity index (χ3n) is 2.80. The number of rotatable bonds is 4. The van der Waals surface area contributed by atoms with Gasteiger partial charge in [-0.3, -0.25) is 4.55 Å². The van der Waals surface area contributed by atoms with Gasteiger partial charge in [0.15, 0.2) is 0 Å². The molecule has 0 unspecified atom stereocenters. The number of esters is 1. The predicted molar refractivity (Wildman–Crippen MR) is 81.0 cm³/mol. The molecule has 0 saturated heterocycles. The van der Waals surface area contributed by atoms with Crippen LogP contribution < -0.4 is 51.4 Å². The van der Waals surface area contributed by atoms with Crippen LogP contribution in [0.4, 0.5) is 11.4 Å². The number of benzene rings is 2. The van der Waals surface area contributed by atoms with Crippen LogP contribution in [0.1, 0.15) is 11.8 Å². The normalized spacial score (nSPS) is 11.1. The van der Waals surface area contributed by atoms with E-state index in [9.17, 15) is 18.3 Å². The topological polar surface area (TPSA) is 126 Å². The van der Waals surface area contributed by atoms with Gasteiger partial charge in [-0.2, -0.15) is 18.6 Å². The number of phenolic OH excluding ortho intramolecular Hbond substituents is 1. The second-order valence-corrected chi connectivity index (χ2v) is 5.78. The van der Waals surface area contributed by atoms with E-state index in [4.69, 9.17) is 4.55 Å². The molecule has 122 valence electrons. The minimum Gasteiger partial charge on any atom is -1.00 e. The summed E-state index contributed by atoms with van der Waals surface area (Å²) in [4.78, 5) is 11.2. The van der Waals surface area contributed by atoms with Crippen molar-refractivity contribution in [1.82, 2.24) is 0 Å². The predicted octanol–water partition coefficient (Wildman–Crippen LogP) is -0.0426. The fourth-order valence-corrected chi connectivity index (χ4v) is 2.14. The van der Waals surface area contributed by atoms with Crippen LogP contribution in [0.5, 0.6) is 5.75 Å². The van der Waals surface area contributed by atoms with Gasteiger partial charge in [0.2, 0.25) is 0 Å². The zero-order valence-electron chi connectivity index (χ0n) is 13.9. The minimum atomic E-state index is -4.26. The fourth-order valence-electron chi connectivity index (χ4n) is 1.66. The van der Waals surface area contributed by atoms with Gasteiger partial charge >= 0.3 is 57.4 Å². The molecular formula is C14H13KN2O6S. The van der Waals surface area contributed by atoms with Crippen LogP contribution in [0.3, 0.4) is 0 Å². The maximum absolute atomic E-state index is 11.5. The van der Waals surface area contributed by atoms with Crippen LogP contribution in [0.2, 0.25) is 0 Å². The Hall–Kier alpha value is -1.14. The van der Waals surface area contributed by atoms with Crippen molar-refractivity contribution >= 4 is 27.5 Å². The summed E-state index contributed by atoms with van der Waals surface area (Å²) in [5.41, 5.74) is 0.581. The summed E-state index contributed by atoms with van der Waals surface area (Å²) < 4.78 is 35.2. The standard InChI is InChI=1S/C14H12N2O6S.K.H/c1-22-14(18)12-8-10(4-7-13(12)17)16-15-9-2-5-11(6-3-9)23(19,20)21;;/h2-8,17H,1H3,(H,19,20,21);;/q;+1;-1. The van der Waals surface area contributed by atoms with Crippen LogP contribution in [0.15, 0.2) is 57.6 Å². The van der Waals surface area contributed by atoms with Crippen molar-refractivity contribution in [3.8, 4) is 5.75 Å². The van der Waals surface area contributed by atoms with Gasteiger partial charge in [-0.25, -0.2) is 4.79 Å². The van der Waals surface area contributed by atoms with Crippen LogP contribution >= 0.6 is 0 Å². The van der Waals surface area contributed by atoms with Crippen molar-refractivity contribution in [2.75, 3.05) is 7.11 Å². The number of hydrogen-bond donors (Lipinski definition) is 2. The first-order valence-electron chi connectivity index (χ1n) is 6.22. The van der Waals surface area contributed by atoms with Crippen molar-refractivity contribution in [2.45, 2.75) is 4.90 Å². The molecule has 0 fully saturated rings. The third kappa shape index (κ3) is 5.45. The van der Waals surface area contributed by atoms with E-state index in [0.717, 1.165) is 0 Å². The number of phenols is 1. The van der Waals surface area contributed by atoms with Crippen molar-refractivity contribution in [3.63, 3.8) is 0 Å². The van der Waals surface area contributed by atoms with E-state index >= 15 is 0 Å². The van der Waals surface area contributed by atoms with Crippen molar-refractivity contribution in [2.24, 2.45) is 10.2 Å². The van der Waals surface area contributed by atoms with Gasteiger partial charge in [0.25, 0.3) is 10.1 Å². The van der Waals surface area contributed by atoms with Gasteiger partial charge in [0.05, 0.1) is 23.4 Å². The Morgan fingerprint density at radius 2 is 1.62 bits per heavy atom. The quantitative estimate of drug-likeness (QED) is 0.334. The molecule has 0 saturated carbocycles. The second kappa shape index (κ2) is 8.81. The molecule has 0 aliphatic heterocycles. The van der Waals surface area contributed by atoms with Crippen molar-refractivity contribution < 1.29 is 80.4 Å². The van der Waals surface area contributed by atoms with Crippen LogP contribution in [0.25, 0.3) is 0 Å². The van der Waals surface area contributed by atoms with E-state index in [1.165, 1.54) is 49.6 Å². The largest absolute Gasteiger partial charge is 1.00 e. The summed E-state index contributed by atoms with van der Waals surface area (Å²) in [6.45, 7) is 0. The third-order valence-corrected chi connectivity index (χ3v) is 3.67. The molecule has 2 rings (SSSR count). The van der Waals surface area contributed by atoms with E-state index in [0.29, 0.717) is 11.4 Å². The Morgan fingerprint density at radius 1 is 1.08 bits per heavy atom. The van der Waals surface area contributed by atoms with E-state index in [2.05, 4.69) is 15.0 Å². The molecule has 24 heavy (non-hydrogen) atoms. The second-order valence-electron chi connectivity index (χ2n) is 4.36. The number of methoxy groups -OCH3 is 1. The number of ether oxygens (including phenoxy) is 1. The van der Waals surface area contributed by atoms with Crippen LogP contribution in [-0.2, 0) is 14.9 Å². The molecule has 0 amide bonds. The van der Waals surface area contributed by atoms with E-state index in [1.54, 1.807) is 0 Å². The average Bonchev–Trinajstić information content (AvgIpc) is 2.53. The van der Waals surface area contributed by atoms with Gasteiger partial charge in [-0.15, -0.1) is 0 Å². The molecule has 2 N–H and O–H groups in total. The first-order valence-corrected chi connectivity index (χ1v) is 7.66. The average molecular weight is 376 g/mol. The molecule has 0 radical (unpaired) electrons. The van der Waals surface area contributed by atoms with E-state index in [-0.39, 0.29) is 69.0 Å². The SMILES string of the molecule is COC(=O)c1cc(N=Nc2ccc(S(=O)(=O)O)cc2)ccc1O.[H-].[K+]. The first-order chi connectivity index (χ1) is 10.8. The van der Waals surface area contributed by atoms with Gasteiger partial charge < -0.3 is 11.3 Å². The van der Waals surface area contributed by atoms with Crippen LogP contribution in [-0.4, -0.2) is 31.2 Å². The van der Waals surface area contributed by atoms with E-state index < -0.39 is 16.1 Å². The molecule has 0 heterocycles. The van der Waals surface area contributed by atoms with E-state index in [1.807, 2.05) is 0 Å². The van der Waals surface area contributed by atoms with Crippen molar-refractivity contribution in [3.05, 3.63) is 48.0 Å². The molecule has 8 nitrogen and oxygen atoms in total. The number of azo groups is 1. The summed E-state index contributed by atoms with van der Waals surface area (Å²) in [5, 5.41) is 17.3. The maximum Gasteiger partial charge on any atom is 1.00 e.